The van der Waals surface area contributed by atoms with Crippen LogP contribution in [0.2, 0.25) is 0 Å². The van der Waals surface area contributed by atoms with Crippen molar-refractivity contribution in [2.24, 2.45) is 0 Å². The fourth-order valence-corrected chi connectivity index (χ4v) is 1.94. The second-order valence-electron chi connectivity index (χ2n) is 4.36. The van der Waals surface area contributed by atoms with Crippen LogP contribution in [0.3, 0.4) is 0 Å². The number of carbonyl (C=O) groups is 1. The normalized spacial score (nSPS) is 11.1. The first-order valence-corrected chi connectivity index (χ1v) is 6.74. The number of hydrogen-bond donors (Lipinski definition) is 1. The van der Waals surface area contributed by atoms with Crippen LogP contribution in [0.15, 0.2) is 24.3 Å². The number of likely N-dealkylation sites (N-methyl/N-ethyl adjacent to an activating group) is 1. The molecule has 1 heterocycles. The maximum absolute atomic E-state index is 11.3. The molecule has 5 heteroatoms. The quantitative estimate of drug-likeness (QED) is 0.660. The zero-order chi connectivity index (χ0) is 13.1. The molecule has 0 bridgehead atoms. The second kappa shape index (κ2) is 5.71. The highest BCUT2D eigenvalue weighted by Crippen LogP contribution is 2.22. The van der Waals surface area contributed by atoms with E-state index in [1.165, 1.54) is 0 Å². The molecule has 0 spiro atoms. The molecule has 2 aromatic rings. The van der Waals surface area contributed by atoms with Gasteiger partial charge in [-0.1, -0.05) is 0 Å². The van der Waals surface area contributed by atoms with Crippen molar-refractivity contribution in [1.29, 1.82) is 0 Å². The zero-order valence-corrected chi connectivity index (χ0v) is 12.5. The van der Waals surface area contributed by atoms with E-state index in [2.05, 4.69) is 9.88 Å². The Bertz CT molecular complexity index is 563. The number of aromatic nitrogens is 1. The van der Waals surface area contributed by atoms with Gasteiger partial charge in [0.05, 0.1) is 5.69 Å². The molecule has 0 unspecified atom stereocenters. The van der Waals surface area contributed by atoms with Crippen molar-refractivity contribution in [3.63, 3.8) is 0 Å². The monoisotopic (exact) mass is 358 g/mol. The summed E-state index contributed by atoms with van der Waals surface area (Å²) in [4.78, 5) is 16.4. The molecule has 0 atom stereocenters. The number of halogens is 1. The standard InChI is InChI=1S/C13H15IN2O2/c1-16(2)5-6-18-10-3-4-11-9(7-10)8-12(15-11)13(14)17/h3-4,7-8,15H,5-6H2,1-2H3. The zero-order valence-electron chi connectivity index (χ0n) is 10.4. The lowest BCUT2D eigenvalue weighted by atomic mass is 10.2. The van der Waals surface area contributed by atoms with E-state index in [9.17, 15) is 4.79 Å². The SMILES string of the molecule is CN(C)CCOc1ccc2[nH]c(C(=O)I)cc2c1. The Labute approximate surface area is 119 Å². The van der Waals surface area contributed by atoms with Gasteiger partial charge in [-0.2, -0.15) is 0 Å². The van der Waals surface area contributed by atoms with Crippen LogP contribution in [-0.2, 0) is 0 Å². The number of hydrogen-bond acceptors (Lipinski definition) is 3. The van der Waals surface area contributed by atoms with Gasteiger partial charge in [0.1, 0.15) is 12.4 Å². The van der Waals surface area contributed by atoms with Crippen LogP contribution < -0.4 is 4.74 Å². The number of carbonyl (C=O) groups excluding carboxylic acids is 1. The highest BCUT2D eigenvalue weighted by molar-refractivity contribution is 14.1. The number of rotatable bonds is 5. The van der Waals surface area contributed by atoms with Crippen molar-refractivity contribution >= 4 is 37.3 Å². The summed E-state index contributed by atoms with van der Waals surface area (Å²) in [6.07, 6.45) is 0. The third-order valence-electron chi connectivity index (χ3n) is 2.61. The number of nitrogens with one attached hydrogen (secondary N) is 1. The number of fused-ring (bicyclic) bond motifs is 1. The van der Waals surface area contributed by atoms with Gasteiger partial charge in [0, 0.05) is 40.0 Å². The summed E-state index contributed by atoms with van der Waals surface area (Å²) in [7, 11) is 4.02. The molecule has 2 rings (SSSR count). The molecule has 0 saturated heterocycles. The number of aromatic amines is 1. The van der Waals surface area contributed by atoms with Gasteiger partial charge in [-0.05, 0) is 38.4 Å². The van der Waals surface area contributed by atoms with Gasteiger partial charge < -0.3 is 14.6 Å². The van der Waals surface area contributed by atoms with E-state index in [1.54, 1.807) is 22.6 Å². The molecular weight excluding hydrogens is 343 g/mol. The fourth-order valence-electron chi connectivity index (χ4n) is 1.65. The molecule has 4 nitrogen and oxygen atoms in total. The van der Waals surface area contributed by atoms with Gasteiger partial charge in [-0.15, -0.1) is 0 Å². The molecule has 0 fully saturated rings. The molecule has 0 amide bonds. The Balaban J connectivity index is 2.14. The topological polar surface area (TPSA) is 45.3 Å². The van der Waals surface area contributed by atoms with Gasteiger partial charge >= 0.3 is 0 Å². The first kappa shape index (κ1) is 13.4. The van der Waals surface area contributed by atoms with E-state index in [4.69, 9.17) is 4.74 Å². The van der Waals surface area contributed by atoms with Crippen LogP contribution in [0.4, 0.5) is 0 Å². The smallest absolute Gasteiger partial charge is 0.238 e. The van der Waals surface area contributed by atoms with Crippen LogP contribution >= 0.6 is 22.6 Å². The van der Waals surface area contributed by atoms with Crippen LogP contribution in [0.5, 0.6) is 5.75 Å². The average Bonchev–Trinajstić information content (AvgIpc) is 2.71. The molecule has 0 radical (unpaired) electrons. The molecule has 18 heavy (non-hydrogen) atoms. The summed E-state index contributed by atoms with van der Waals surface area (Å²) in [6, 6.07) is 7.65. The lowest BCUT2D eigenvalue weighted by Gasteiger charge is -2.10. The number of H-pyrrole nitrogens is 1. The molecule has 1 aromatic heterocycles. The number of ether oxygens (including phenoxy) is 1. The summed E-state index contributed by atoms with van der Waals surface area (Å²) < 4.78 is 5.67. The second-order valence-corrected chi connectivity index (χ2v) is 5.34. The molecule has 0 aliphatic carbocycles. The van der Waals surface area contributed by atoms with E-state index < -0.39 is 0 Å². The van der Waals surface area contributed by atoms with E-state index in [-0.39, 0.29) is 3.79 Å². The molecule has 1 aromatic carbocycles. The van der Waals surface area contributed by atoms with Crippen molar-refractivity contribution in [2.75, 3.05) is 27.2 Å². The Morgan fingerprint density at radius 3 is 2.83 bits per heavy atom. The molecule has 0 saturated carbocycles. The predicted octanol–water partition coefficient (Wildman–Crippen LogP) is 2.68. The minimum Gasteiger partial charge on any atom is -0.492 e. The summed E-state index contributed by atoms with van der Waals surface area (Å²) >= 11 is 1.77. The van der Waals surface area contributed by atoms with Crippen LogP contribution in [0.25, 0.3) is 10.9 Å². The first-order chi connectivity index (χ1) is 8.56. The molecule has 96 valence electrons. The Kier molecular flexibility index (Phi) is 4.23. The maximum Gasteiger partial charge on any atom is 0.238 e. The van der Waals surface area contributed by atoms with Crippen molar-refractivity contribution < 1.29 is 9.53 Å². The summed E-state index contributed by atoms with van der Waals surface area (Å²) in [5.41, 5.74) is 1.58. The highest BCUT2D eigenvalue weighted by Gasteiger charge is 2.06. The number of benzene rings is 1. The number of nitrogens with zero attached hydrogens (tertiary/aromatic N) is 1. The van der Waals surface area contributed by atoms with Crippen LogP contribution in [-0.4, -0.2) is 40.9 Å². The van der Waals surface area contributed by atoms with Gasteiger partial charge in [-0.3, -0.25) is 4.79 Å². The largest absolute Gasteiger partial charge is 0.492 e. The van der Waals surface area contributed by atoms with Crippen molar-refractivity contribution in [3.05, 3.63) is 30.0 Å². The van der Waals surface area contributed by atoms with Crippen molar-refractivity contribution in [2.45, 2.75) is 0 Å². The molecular formula is C13H15IN2O2. The molecule has 1 N–H and O–H groups in total. The third kappa shape index (κ3) is 3.23. The molecule has 0 aliphatic heterocycles. The average molecular weight is 358 g/mol. The Hall–Kier alpha value is -1.08. The minimum atomic E-state index is 0.0128. The highest BCUT2D eigenvalue weighted by atomic mass is 127. The lowest BCUT2D eigenvalue weighted by molar-refractivity contribution is 0.110. The maximum atomic E-state index is 11.3. The Morgan fingerprint density at radius 1 is 1.39 bits per heavy atom. The van der Waals surface area contributed by atoms with E-state index >= 15 is 0 Å². The minimum absolute atomic E-state index is 0.0128. The predicted molar refractivity (Wildman–Crippen MR) is 80.7 cm³/mol. The summed E-state index contributed by atoms with van der Waals surface area (Å²) in [5, 5.41) is 0.998. The van der Waals surface area contributed by atoms with Crippen molar-refractivity contribution in [3.8, 4) is 5.75 Å². The van der Waals surface area contributed by atoms with E-state index in [0.29, 0.717) is 12.3 Å². The fraction of sp³-hybridized carbons (Fsp3) is 0.308. The molecule has 0 aliphatic rings. The van der Waals surface area contributed by atoms with Crippen molar-refractivity contribution in [1.82, 2.24) is 9.88 Å². The van der Waals surface area contributed by atoms with Gasteiger partial charge in [-0.25, -0.2) is 0 Å². The van der Waals surface area contributed by atoms with Gasteiger partial charge in [0.25, 0.3) is 0 Å². The summed E-state index contributed by atoms with van der Waals surface area (Å²) in [5.74, 6) is 0.829. The van der Waals surface area contributed by atoms with Gasteiger partial charge in [0.2, 0.25) is 3.79 Å². The van der Waals surface area contributed by atoms with E-state index in [1.807, 2.05) is 38.4 Å². The lowest BCUT2D eigenvalue weighted by Crippen LogP contribution is -2.19. The van der Waals surface area contributed by atoms with Gasteiger partial charge in [0.15, 0.2) is 0 Å². The van der Waals surface area contributed by atoms with Crippen LogP contribution in [0, 0.1) is 0 Å². The third-order valence-corrected chi connectivity index (χ3v) is 3.19. The first-order valence-electron chi connectivity index (χ1n) is 5.66. The summed E-state index contributed by atoms with van der Waals surface area (Å²) in [6.45, 7) is 1.53. The Morgan fingerprint density at radius 2 is 2.17 bits per heavy atom. The van der Waals surface area contributed by atoms with E-state index in [0.717, 1.165) is 23.2 Å². The van der Waals surface area contributed by atoms with Crippen LogP contribution in [0.1, 0.15) is 10.5 Å².